The largest absolute Gasteiger partial charge is 0.337 e. The third kappa shape index (κ3) is 3.23. The fourth-order valence-electron chi connectivity index (χ4n) is 3.01. The predicted molar refractivity (Wildman–Crippen MR) is 104 cm³/mol. The Hall–Kier alpha value is -3.00. The van der Waals surface area contributed by atoms with E-state index in [9.17, 15) is 9.59 Å². The molecule has 0 saturated heterocycles. The molecule has 3 aromatic heterocycles. The van der Waals surface area contributed by atoms with E-state index in [4.69, 9.17) is 4.52 Å². The molecule has 0 fully saturated rings. The first-order valence-electron chi connectivity index (χ1n) is 8.63. The molecule has 8 heteroatoms. The summed E-state index contributed by atoms with van der Waals surface area (Å²) >= 11 is 1.51. The number of rotatable bonds is 5. The van der Waals surface area contributed by atoms with Crippen LogP contribution in [0.3, 0.4) is 0 Å². The van der Waals surface area contributed by atoms with Gasteiger partial charge in [0.1, 0.15) is 6.54 Å². The second-order valence-electron chi connectivity index (χ2n) is 6.68. The van der Waals surface area contributed by atoms with Gasteiger partial charge >= 0.3 is 5.69 Å². The maximum atomic E-state index is 13.0. The summed E-state index contributed by atoms with van der Waals surface area (Å²) in [4.78, 5) is 31.1. The van der Waals surface area contributed by atoms with Gasteiger partial charge < -0.3 is 4.52 Å². The van der Waals surface area contributed by atoms with E-state index in [2.05, 4.69) is 10.1 Å². The summed E-state index contributed by atoms with van der Waals surface area (Å²) in [6, 6.07) is 10.9. The minimum atomic E-state index is -0.372. The Morgan fingerprint density at radius 2 is 1.93 bits per heavy atom. The van der Waals surface area contributed by atoms with E-state index in [1.54, 1.807) is 24.3 Å². The fourth-order valence-corrected chi connectivity index (χ4v) is 3.66. The minimum absolute atomic E-state index is 0.107. The minimum Gasteiger partial charge on any atom is -0.337 e. The van der Waals surface area contributed by atoms with Crippen molar-refractivity contribution in [1.82, 2.24) is 19.3 Å². The van der Waals surface area contributed by atoms with Gasteiger partial charge in [-0.2, -0.15) is 4.98 Å². The summed E-state index contributed by atoms with van der Waals surface area (Å²) in [7, 11) is 0. The van der Waals surface area contributed by atoms with E-state index in [1.807, 2.05) is 31.4 Å². The van der Waals surface area contributed by atoms with E-state index in [0.29, 0.717) is 29.2 Å². The lowest BCUT2D eigenvalue weighted by Crippen LogP contribution is -2.41. The quantitative estimate of drug-likeness (QED) is 0.530. The Labute approximate surface area is 158 Å². The van der Waals surface area contributed by atoms with Crippen molar-refractivity contribution in [1.29, 1.82) is 0 Å². The highest BCUT2D eigenvalue weighted by Crippen LogP contribution is 2.21. The first kappa shape index (κ1) is 17.4. The van der Waals surface area contributed by atoms with Crippen LogP contribution in [-0.2, 0) is 13.1 Å². The zero-order valence-corrected chi connectivity index (χ0v) is 15.8. The molecule has 0 amide bonds. The van der Waals surface area contributed by atoms with Gasteiger partial charge in [0.15, 0.2) is 0 Å². The molecule has 0 aliphatic carbocycles. The summed E-state index contributed by atoms with van der Waals surface area (Å²) in [5.41, 5.74) is -0.0861. The van der Waals surface area contributed by atoms with Crippen molar-refractivity contribution in [3.8, 4) is 10.7 Å². The Kier molecular flexibility index (Phi) is 4.49. The maximum Gasteiger partial charge on any atom is 0.331 e. The van der Waals surface area contributed by atoms with Gasteiger partial charge in [-0.05, 0) is 29.5 Å². The molecule has 0 atom stereocenters. The lowest BCUT2D eigenvalue weighted by molar-refractivity contribution is 0.368. The molecule has 3 heterocycles. The first-order chi connectivity index (χ1) is 13.0. The Balaban J connectivity index is 1.84. The Bertz CT molecular complexity index is 1200. The summed E-state index contributed by atoms with van der Waals surface area (Å²) in [6.07, 6.45) is 0. The molecule has 1 aromatic carbocycles. The zero-order valence-electron chi connectivity index (χ0n) is 15.0. The lowest BCUT2D eigenvalue weighted by Gasteiger charge is -2.14. The van der Waals surface area contributed by atoms with Gasteiger partial charge in [-0.15, -0.1) is 11.3 Å². The van der Waals surface area contributed by atoms with Crippen LogP contribution in [0.1, 0.15) is 19.7 Å². The van der Waals surface area contributed by atoms with Crippen LogP contribution in [-0.4, -0.2) is 19.3 Å². The summed E-state index contributed by atoms with van der Waals surface area (Å²) < 4.78 is 8.15. The normalized spacial score (nSPS) is 11.5. The third-order valence-corrected chi connectivity index (χ3v) is 5.05. The van der Waals surface area contributed by atoms with E-state index >= 15 is 0 Å². The van der Waals surface area contributed by atoms with E-state index in [0.717, 1.165) is 4.88 Å². The smallest absolute Gasteiger partial charge is 0.331 e. The molecule has 138 valence electrons. The second kappa shape index (κ2) is 6.96. The number of hydrogen-bond donors (Lipinski definition) is 0. The monoisotopic (exact) mass is 382 g/mol. The molecule has 0 spiro atoms. The summed E-state index contributed by atoms with van der Waals surface area (Å²) in [5, 5.41) is 6.43. The first-order valence-corrected chi connectivity index (χ1v) is 9.51. The van der Waals surface area contributed by atoms with Crippen LogP contribution >= 0.6 is 11.3 Å². The fraction of sp³-hybridized carbons (Fsp3) is 0.263. The van der Waals surface area contributed by atoms with Crippen molar-refractivity contribution in [2.24, 2.45) is 5.92 Å². The van der Waals surface area contributed by atoms with Crippen LogP contribution in [0.2, 0.25) is 0 Å². The van der Waals surface area contributed by atoms with Gasteiger partial charge in [-0.3, -0.25) is 13.9 Å². The Morgan fingerprint density at radius 1 is 1.11 bits per heavy atom. The number of para-hydroxylation sites is 1. The van der Waals surface area contributed by atoms with Gasteiger partial charge in [0.2, 0.25) is 11.7 Å². The van der Waals surface area contributed by atoms with E-state index < -0.39 is 0 Å². The molecule has 4 rings (SSSR count). The molecule has 0 bridgehead atoms. The highest BCUT2D eigenvalue weighted by atomic mass is 32.1. The number of hydrogen-bond acceptors (Lipinski definition) is 6. The van der Waals surface area contributed by atoms with Crippen molar-refractivity contribution < 1.29 is 4.52 Å². The molecule has 27 heavy (non-hydrogen) atoms. The van der Waals surface area contributed by atoms with Crippen LogP contribution in [0, 0.1) is 5.92 Å². The van der Waals surface area contributed by atoms with Gasteiger partial charge in [0.25, 0.3) is 5.56 Å². The van der Waals surface area contributed by atoms with Gasteiger partial charge in [0, 0.05) is 6.54 Å². The van der Waals surface area contributed by atoms with Gasteiger partial charge in [-0.25, -0.2) is 4.79 Å². The molecule has 0 unspecified atom stereocenters. The number of thiophene rings is 1. The summed E-state index contributed by atoms with van der Waals surface area (Å²) in [5.74, 6) is 0.979. The predicted octanol–water partition coefficient (Wildman–Crippen LogP) is 2.98. The standard InChI is InChI=1S/C19H18N4O3S/c1-12(2)10-23-18(24)13-6-3-4-7-14(13)22(19(23)25)11-16-20-17(21-26-16)15-8-5-9-27-15/h3-9,12H,10-11H2,1-2H3. The Morgan fingerprint density at radius 3 is 2.67 bits per heavy atom. The molecule has 0 radical (unpaired) electrons. The highest BCUT2D eigenvalue weighted by Gasteiger charge is 2.17. The van der Waals surface area contributed by atoms with Crippen LogP contribution in [0.15, 0.2) is 55.9 Å². The van der Waals surface area contributed by atoms with Crippen molar-refractivity contribution in [2.75, 3.05) is 0 Å². The molecule has 4 aromatic rings. The van der Waals surface area contributed by atoms with Crippen molar-refractivity contribution in [3.63, 3.8) is 0 Å². The van der Waals surface area contributed by atoms with E-state index in [-0.39, 0.29) is 23.7 Å². The molecule has 0 N–H and O–H groups in total. The van der Waals surface area contributed by atoms with Crippen LogP contribution in [0.5, 0.6) is 0 Å². The SMILES string of the molecule is CC(C)Cn1c(=O)c2ccccc2n(Cc2nc(-c3cccs3)no2)c1=O. The van der Waals surface area contributed by atoms with Crippen LogP contribution < -0.4 is 11.2 Å². The highest BCUT2D eigenvalue weighted by molar-refractivity contribution is 7.13. The number of nitrogens with zero attached hydrogens (tertiary/aromatic N) is 4. The molecule has 7 nitrogen and oxygen atoms in total. The molecular formula is C19H18N4O3S. The van der Waals surface area contributed by atoms with Crippen molar-refractivity contribution >= 4 is 22.2 Å². The number of benzene rings is 1. The van der Waals surface area contributed by atoms with Crippen LogP contribution in [0.4, 0.5) is 0 Å². The lowest BCUT2D eigenvalue weighted by atomic mass is 10.2. The van der Waals surface area contributed by atoms with Gasteiger partial charge in [0.05, 0.1) is 15.8 Å². The third-order valence-electron chi connectivity index (χ3n) is 4.18. The van der Waals surface area contributed by atoms with Gasteiger partial charge in [-0.1, -0.05) is 37.2 Å². The van der Waals surface area contributed by atoms with E-state index in [1.165, 1.54) is 20.5 Å². The second-order valence-corrected chi connectivity index (χ2v) is 7.63. The number of aromatic nitrogens is 4. The van der Waals surface area contributed by atoms with Crippen LogP contribution in [0.25, 0.3) is 21.6 Å². The zero-order chi connectivity index (χ0) is 19.0. The average molecular weight is 382 g/mol. The number of fused-ring (bicyclic) bond motifs is 1. The topological polar surface area (TPSA) is 82.9 Å². The average Bonchev–Trinajstić information content (AvgIpc) is 3.33. The molecule has 0 aliphatic rings. The maximum absolute atomic E-state index is 13.0. The molecule has 0 aliphatic heterocycles. The van der Waals surface area contributed by atoms with Crippen molar-refractivity contribution in [2.45, 2.75) is 26.9 Å². The molecular weight excluding hydrogens is 364 g/mol. The summed E-state index contributed by atoms with van der Waals surface area (Å²) in [6.45, 7) is 4.40. The molecule has 0 saturated carbocycles. The van der Waals surface area contributed by atoms with Crippen molar-refractivity contribution in [3.05, 3.63) is 68.5 Å².